The van der Waals surface area contributed by atoms with E-state index in [4.69, 9.17) is 0 Å². The molecule has 0 rings (SSSR count). The Morgan fingerprint density at radius 2 is 0.640 bits per heavy atom. The Hall–Kier alpha value is -0.610. The van der Waals surface area contributed by atoms with Crippen LogP contribution in [-0.4, -0.2) is 34.9 Å². The van der Waals surface area contributed by atoms with Crippen molar-refractivity contribution in [2.24, 2.45) is 0 Å². The quantitative estimate of drug-likeness (QED) is 0.0553. The molecular weight excluding hydrogens is 615 g/mol. The van der Waals surface area contributed by atoms with E-state index >= 15 is 0 Å². The minimum absolute atomic E-state index is 0.0285. The van der Waals surface area contributed by atoms with Gasteiger partial charge in [0.1, 0.15) is 0 Å². The monoisotopic (exact) mass is 708 g/mol. The lowest BCUT2D eigenvalue weighted by Crippen LogP contribution is -2.45. The second-order valence-electron chi connectivity index (χ2n) is 16.2. The number of carbonyl (C=O) groups excluding carboxylic acids is 1. The molecule has 0 saturated heterocycles. The topological polar surface area (TPSA) is 69.6 Å². The summed E-state index contributed by atoms with van der Waals surface area (Å²) in [4.78, 5) is 12.3. The number of hydrogen-bond donors (Lipinski definition) is 3. The maximum absolute atomic E-state index is 12.3. The summed E-state index contributed by atoms with van der Waals surface area (Å²) in [7, 11) is 0. The molecule has 0 fully saturated rings. The maximum Gasteiger partial charge on any atom is 0.220 e. The first kappa shape index (κ1) is 49.4. The van der Waals surface area contributed by atoms with Crippen molar-refractivity contribution in [3.05, 3.63) is 0 Å². The van der Waals surface area contributed by atoms with Gasteiger partial charge >= 0.3 is 0 Å². The molecule has 0 radical (unpaired) electrons. The second kappa shape index (κ2) is 42.8. The van der Waals surface area contributed by atoms with E-state index in [0.29, 0.717) is 12.8 Å². The molecule has 4 nitrogen and oxygen atoms in total. The summed E-state index contributed by atoms with van der Waals surface area (Å²) in [6.07, 6.45) is 52.2. The average molecular weight is 708 g/mol. The fourth-order valence-electron chi connectivity index (χ4n) is 7.54. The third-order valence-corrected chi connectivity index (χ3v) is 11.1. The van der Waals surface area contributed by atoms with Crippen LogP contribution < -0.4 is 5.32 Å². The van der Waals surface area contributed by atoms with Crippen LogP contribution in [0.25, 0.3) is 0 Å². The summed E-state index contributed by atoms with van der Waals surface area (Å²) in [5.74, 6) is -0.0285. The Morgan fingerprint density at radius 3 is 0.900 bits per heavy atom. The lowest BCUT2D eigenvalue weighted by molar-refractivity contribution is -0.123. The molecule has 50 heavy (non-hydrogen) atoms. The van der Waals surface area contributed by atoms with Gasteiger partial charge in [-0.2, -0.15) is 0 Å². The molecule has 0 aliphatic carbocycles. The Labute approximate surface area is 314 Å². The predicted molar refractivity (Wildman–Crippen MR) is 221 cm³/mol. The molecular formula is C46H93NO3. The van der Waals surface area contributed by atoms with Gasteiger partial charge in [-0.25, -0.2) is 0 Å². The molecule has 0 aliphatic rings. The number of amides is 1. The van der Waals surface area contributed by atoms with Crippen LogP contribution in [0, 0.1) is 0 Å². The van der Waals surface area contributed by atoms with E-state index in [2.05, 4.69) is 19.2 Å². The van der Waals surface area contributed by atoms with E-state index in [1.165, 1.54) is 218 Å². The lowest BCUT2D eigenvalue weighted by atomic mass is 10.0. The Balaban J connectivity index is 3.32. The van der Waals surface area contributed by atoms with Crippen LogP contribution in [-0.2, 0) is 4.79 Å². The highest BCUT2D eigenvalue weighted by molar-refractivity contribution is 5.76. The zero-order valence-corrected chi connectivity index (χ0v) is 34.4. The van der Waals surface area contributed by atoms with Gasteiger partial charge in [0.15, 0.2) is 0 Å². The van der Waals surface area contributed by atoms with E-state index in [1.807, 2.05) is 0 Å². The Morgan fingerprint density at radius 1 is 0.400 bits per heavy atom. The van der Waals surface area contributed by atoms with Gasteiger partial charge in [0.2, 0.25) is 5.91 Å². The van der Waals surface area contributed by atoms with Crippen molar-refractivity contribution in [3.8, 4) is 0 Å². The van der Waals surface area contributed by atoms with Gasteiger partial charge in [0, 0.05) is 6.42 Å². The Kier molecular flexibility index (Phi) is 42.3. The van der Waals surface area contributed by atoms with Gasteiger partial charge < -0.3 is 15.5 Å². The summed E-state index contributed by atoms with van der Waals surface area (Å²) in [5, 5.41) is 23.0. The van der Waals surface area contributed by atoms with Gasteiger partial charge in [0.05, 0.1) is 18.8 Å². The van der Waals surface area contributed by atoms with Gasteiger partial charge in [0.25, 0.3) is 0 Å². The van der Waals surface area contributed by atoms with E-state index in [0.717, 1.165) is 25.7 Å². The molecule has 0 bridgehead atoms. The Bertz CT molecular complexity index is 641. The second-order valence-corrected chi connectivity index (χ2v) is 16.2. The molecule has 0 saturated carbocycles. The highest BCUT2D eigenvalue weighted by Gasteiger charge is 2.20. The minimum Gasteiger partial charge on any atom is -0.394 e. The fraction of sp³-hybridized carbons (Fsp3) is 0.978. The maximum atomic E-state index is 12.3. The first-order chi connectivity index (χ1) is 24.7. The van der Waals surface area contributed by atoms with Crippen LogP contribution in [0.4, 0.5) is 0 Å². The van der Waals surface area contributed by atoms with Crippen LogP contribution in [0.3, 0.4) is 0 Å². The fourth-order valence-corrected chi connectivity index (χ4v) is 7.54. The van der Waals surface area contributed by atoms with Crippen molar-refractivity contribution in [2.75, 3.05) is 6.61 Å². The van der Waals surface area contributed by atoms with Crippen LogP contribution in [0.5, 0.6) is 0 Å². The van der Waals surface area contributed by atoms with E-state index in [9.17, 15) is 15.0 Å². The number of unbranched alkanes of at least 4 members (excludes halogenated alkanes) is 36. The zero-order valence-electron chi connectivity index (χ0n) is 34.4. The number of carbonyl (C=O) groups is 1. The number of rotatable bonds is 43. The summed E-state index contributed by atoms with van der Waals surface area (Å²) in [6, 6.07) is -0.527. The number of aliphatic hydroxyl groups is 2. The summed E-state index contributed by atoms with van der Waals surface area (Å²) < 4.78 is 0. The smallest absolute Gasteiger partial charge is 0.220 e. The van der Waals surface area contributed by atoms with E-state index < -0.39 is 12.1 Å². The summed E-state index contributed by atoms with van der Waals surface area (Å²) >= 11 is 0. The highest BCUT2D eigenvalue weighted by Crippen LogP contribution is 2.17. The zero-order chi connectivity index (χ0) is 36.4. The van der Waals surface area contributed by atoms with Crippen molar-refractivity contribution < 1.29 is 15.0 Å². The molecule has 3 N–H and O–H groups in total. The molecule has 0 aliphatic heterocycles. The lowest BCUT2D eigenvalue weighted by Gasteiger charge is -2.22. The number of aliphatic hydroxyl groups excluding tert-OH is 2. The van der Waals surface area contributed by atoms with Crippen LogP contribution in [0.15, 0.2) is 0 Å². The molecule has 4 heteroatoms. The van der Waals surface area contributed by atoms with Crippen molar-refractivity contribution in [2.45, 2.75) is 283 Å². The normalized spacial score (nSPS) is 12.8. The largest absolute Gasteiger partial charge is 0.394 e. The van der Waals surface area contributed by atoms with Crippen LogP contribution in [0.1, 0.15) is 271 Å². The third kappa shape index (κ3) is 38.6. The van der Waals surface area contributed by atoms with Crippen molar-refractivity contribution in [1.82, 2.24) is 5.32 Å². The first-order valence-corrected chi connectivity index (χ1v) is 23.2. The number of hydrogen-bond acceptors (Lipinski definition) is 3. The minimum atomic E-state index is -0.650. The van der Waals surface area contributed by atoms with E-state index in [-0.39, 0.29) is 12.5 Å². The van der Waals surface area contributed by atoms with E-state index in [1.54, 1.807) is 0 Å². The molecule has 2 atom stereocenters. The molecule has 2 unspecified atom stereocenters. The average Bonchev–Trinajstić information content (AvgIpc) is 3.12. The summed E-state index contributed by atoms with van der Waals surface area (Å²) in [5.41, 5.74) is 0. The molecule has 0 aromatic heterocycles. The van der Waals surface area contributed by atoms with Gasteiger partial charge in [-0.05, 0) is 12.8 Å². The first-order valence-electron chi connectivity index (χ1n) is 23.2. The predicted octanol–water partition coefficient (Wildman–Crippen LogP) is 14.5. The van der Waals surface area contributed by atoms with Gasteiger partial charge in [-0.1, -0.05) is 251 Å². The SMILES string of the molecule is CCCCCCCCCCCCCCCCCCCCCCCCCCCCCCCCC(=O)NC(CO)C(O)CCCCCCCCCC. The standard InChI is InChI=1S/C46H93NO3/c1-3-5-7-9-11-13-14-15-16-17-18-19-20-21-22-23-24-25-26-27-28-29-30-31-32-33-34-36-38-40-42-46(50)47-44(43-48)45(49)41-39-37-35-12-10-8-6-4-2/h44-45,48-49H,3-43H2,1-2H3,(H,47,50). The molecule has 0 spiro atoms. The van der Waals surface area contributed by atoms with Crippen molar-refractivity contribution >= 4 is 5.91 Å². The molecule has 300 valence electrons. The van der Waals surface area contributed by atoms with Crippen molar-refractivity contribution in [1.29, 1.82) is 0 Å². The molecule has 0 aromatic rings. The molecule has 0 aromatic carbocycles. The van der Waals surface area contributed by atoms with Crippen molar-refractivity contribution in [3.63, 3.8) is 0 Å². The van der Waals surface area contributed by atoms with Gasteiger partial charge in [-0.3, -0.25) is 4.79 Å². The summed E-state index contributed by atoms with van der Waals surface area (Å²) in [6.45, 7) is 4.35. The molecule has 1 amide bonds. The van der Waals surface area contributed by atoms with Gasteiger partial charge in [-0.15, -0.1) is 0 Å². The van der Waals surface area contributed by atoms with Crippen LogP contribution >= 0.6 is 0 Å². The highest BCUT2D eigenvalue weighted by atomic mass is 16.3. The van der Waals surface area contributed by atoms with Crippen LogP contribution in [0.2, 0.25) is 0 Å². The number of nitrogens with one attached hydrogen (secondary N) is 1. The third-order valence-electron chi connectivity index (χ3n) is 11.1. The molecule has 0 heterocycles.